The first-order valence-electron chi connectivity index (χ1n) is 6.91. The number of amides is 1. The lowest BCUT2D eigenvalue weighted by atomic mass is 9.98. The SMILES string of the molecule is CNCC(C)C(=O)NC1CCN2CCCCC12.Cl.Cl. The number of hydrogen-bond donors (Lipinski definition) is 2. The van der Waals surface area contributed by atoms with Gasteiger partial charge in [0.25, 0.3) is 0 Å². The summed E-state index contributed by atoms with van der Waals surface area (Å²) in [5.41, 5.74) is 0. The number of nitrogens with zero attached hydrogens (tertiary/aromatic N) is 1. The Labute approximate surface area is 128 Å². The quantitative estimate of drug-likeness (QED) is 0.825. The molecule has 2 rings (SSSR count). The van der Waals surface area contributed by atoms with Crippen molar-refractivity contribution in [1.29, 1.82) is 0 Å². The van der Waals surface area contributed by atoms with Gasteiger partial charge in [0.05, 0.1) is 0 Å². The molecule has 0 aliphatic carbocycles. The van der Waals surface area contributed by atoms with E-state index in [9.17, 15) is 4.79 Å². The predicted molar refractivity (Wildman–Crippen MR) is 83.3 cm³/mol. The van der Waals surface area contributed by atoms with E-state index in [-0.39, 0.29) is 36.6 Å². The summed E-state index contributed by atoms with van der Waals surface area (Å²) in [6.07, 6.45) is 5.03. The molecule has 0 spiro atoms. The number of rotatable bonds is 4. The normalized spacial score (nSPS) is 27.7. The van der Waals surface area contributed by atoms with E-state index in [1.165, 1.54) is 25.8 Å². The van der Waals surface area contributed by atoms with Gasteiger partial charge in [0.1, 0.15) is 0 Å². The maximum atomic E-state index is 12.0. The highest BCUT2D eigenvalue weighted by molar-refractivity contribution is 5.85. The zero-order valence-corrected chi connectivity index (χ0v) is 13.5. The third-order valence-electron chi connectivity index (χ3n) is 4.14. The van der Waals surface area contributed by atoms with E-state index in [0.717, 1.165) is 19.5 Å². The average molecular weight is 312 g/mol. The maximum absolute atomic E-state index is 12.0. The van der Waals surface area contributed by atoms with Gasteiger partial charge in [0, 0.05) is 31.1 Å². The first-order valence-corrected chi connectivity index (χ1v) is 6.91. The summed E-state index contributed by atoms with van der Waals surface area (Å²) in [7, 11) is 1.89. The third kappa shape index (κ3) is 4.78. The third-order valence-corrected chi connectivity index (χ3v) is 4.14. The van der Waals surface area contributed by atoms with E-state index in [4.69, 9.17) is 0 Å². The van der Waals surface area contributed by atoms with Gasteiger partial charge in [0.15, 0.2) is 0 Å². The summed E-state index contributed by atoms with van der Waals surface area (Å²) in [5.74, 6) is 0.273. The Kier molecular flexibility index (Phi) is 8.99. The van der Waals surface area contributed by atoms with Crippen LogP contribution in [-0.4, -0.2) is 49.6 Å². The van der Waals surface area contributed by atoms with Crippen molar-refractivity contribution in [2.24, 2.45) is 5.92 Å². The highest BCUT2D eigenvalue weighted by Crippen LogP contribution is 2.27. The fourth-order valence-electron chi connectivity index (χ4n) is 3.14. The summed E-state index contributed by atoms with van der Waals surface area (Å²) in [6, 6.07) is 0.997. The molecule has 0 aromatic carbocycles. The van der Waals surface area contributed by atoms with E-state index < -0.39 is 0 Å². The number of fused-ring (bicyclic) bond motifs is 1. The van der Waals surface area contributed by atoms with Gasteiger partial charge in [-0.2, -0.15) is 0 Å². The van der Waals surface area contributed by atoms with Gasteiger partial charge in [-0.25, -0.2) is 0 Å². The van der Waals surface area contributed by atoms with Crippen molar-refractivity contribution in [3.8, 4) is 0 Å². The molecule has 0 saturated carbocycles. The number of piperidine rings is 1. The Morgan fingerprint density at radius 2 is 2.00 bits per heavy atom. The molecule has 0 aromatic rings. The number of nitrogens with one attached hydrogen (secondary N) is 2. The van der Waals surface area contributed by atoms with Crippen LogP contribution in [0.5, 0.6) is 0 Å². The second-order valence-corrected chi connectivity index (χ2v) is 5.46. The van der Waals surface area contributed by atoms with Crippen molar-refractivity contribution >= 4 is 30.7 Å². The zero-order chi connectivity index (χ0) is 12.3. The van der Waals surface area contributed by atoms with Gasteiger partial charge in [0.2, 0.25) is 5.91 Å². The van der Waals surface area contributed by atoms with Gasteiger partial charge < -0.3 is 10.6 Å². The summed E-state index contributed by atoms with van der Waals surface area (Å²) >= 11 is 0. The minimum atomic E-state index is 0. The van der Waals surface area contributed by atoms with Crippen LogP contribution in [0.25, 0.3) is 0 Å². The van der Waals surface area contributed by atoms with Crippen molar-refractivity contribution in [3.05, 3.63) is 0 Å². The molecule has 2 heterocycles. The number of halogens is 2. The largest absolute Gasteiger partial charge is 0.351 e. The van der Waals surface area contributed by atoms with Gasteiger partial charge >= 0.3 is 0 Å². The van der Waals surface area contributed by atoms with Crippen LogP contribution in [-0.2, 0) is 4.79 Å². The topological polar surface area (TPSA) is 44.4 Å². The van der Waals surface area contributed by atoms with Crippen LogP contribution in [0.2, 0.25) is 0 Å². The molecule has 114 valence electrons. The molecule has 2 fully saturated rings. The molecule has 6 heteroatoms. The highest BCUT2D eigenvalue weighted by atomic mass is 35.5. The minimum Gasteiger partial charge on any atom is -0.351 e. The lowest BCUT2D eigenvalue weighted by Gasteiger charge is -2.32. The van der Waals surface area contributed by atoms with Crippen LogP contribution in [0.1, 0.15) is 32.6 Å². The van der Waals surface area contributed by atoms with Crippen LogP contribution < -0.4 is 10.6 Å². The van der Waals surface area contributed by atoms with Crippen molar-refractivity contribution < 1.29 is 4.79 Å². The van der Waals surface area contributed by atoms with Crippen molar-refractivity contribution in [3.63, 3.8) is 0 Å². The summed E-state index contributed by atoms with van der Waals surface area (Å²) < 4.78 is 0. The number of hydrogen-bond acceptors (Lipinski definition) is 3. The maximum Gasteiger partial charge on any atom is 0.224 e. The van der Waals surface area contributed by atoms with E-state index in [1.807, 2.05) is 14.0 Å². The molecule has 3 unspecified atom stereocenters. The average Bonchev–Trinajstić information content (AvgIpc) is 2.73. The minimum absolute atomic E-state index is 0. The Balaban J connectivity index is 0.00000162. The van der Waals surface area contributed by atoms with Crippen LogP contribution in [0.3, 0.4) is 0 Å². The van der Waals surface area contributed by atoms with E-state index in [1.54, 1.807) is 0 Å². The molecular weight excluding hydrogens is 285 g/mol. The Morgan fingerprint density at radius 3 is 2.68 bits per heavy atom. The lowest BCUT2D eigenvalue weighted by molar-refractivity contribution is -0.125. The monoisotopic (exact) mass is 311 g/mol. The molecule has 0 bridgehead atoms. The predicted octanol–water partition coefficient (Wildman–Crippen LogP) is 1.43. The summed E-state index contributed by atoms with van der Waals surface area (Å²) in [4.78, 5) is 14.5. The van der Waals surface area contributed by atoms with Crippen LogP contribution in [0.15, 0.2) is 0 Å². The molecule has 1 amide bonds. The number of carbonyl (C=O) groups is 1. The fourth-order valence-corrected chi connectivity index (χ4v) is 3.14. The van der Waals surface area contributed by atoms with Gasteiger partial charge in [-0.05, 0) is 32.9 Å². The molecule has 2 N–H and O–H groups in total. The van der Waals surface area contributed by atoms with E-state index >= 15 is 0 Å². The smallest absolute Gasteiger partial charge is 0.224 e. The Morgan fingerprint density at radius 1 is 1.26 bits per heavy atom. The lowest BCUT2D eigenvalue weighted by Crippen LogP contribution is -2.48. The zero-order valence-electron chi connectivity index (χ0n) is 11.9. The van der Waals surface area contributed by atoms with E-state index in [2.05, 4.69) is 15.5 Å². The highest BCUT2D eigenvalue weighted by Gasteiger charge is 2.36. The van der Waals surface area contributed by atoms with Crippen LogP contribution in [0.4, 0.5) is 0 Å². The molecule has 0 aromatic heterocycles. The second-order valence-electron chi connectivity index (χ2n) is 5.46. The molecule has 0 radical (unpaired) electrons. The fraction of sp³-hybridized carbons (Fsp3) is 0.923. The first-order chi connectivity index (χ1) is 8.22. The Hall–Kier alpha value is -0.0300. The van der Waals surface area contributed by atoms with E-state index in [0.29, 0.717) is 12.1 Å². The molecule has 2 saturated heterocycles. The Bertz CT molecular complexity index is 279. The van der Waals surface area contributed by atoms with Crippen LogP contribution in [0, 0.1) is 5.92 Å². The molecular formula is C13H27Cl2N3O. The van der Waals surface area contributed by atoms with Gasteiger partial charge in [-0.3, -0.25) is 9.69 Å². The van der Waals surface area contributed by atoms with Crippen molar-refractivity contribution in [2.75, 3.05) is 26.7 Å². The molecule has 4 nitrogen and oxygen atoms in total. The molecule has 2 aliphatic heterocycles. The molecule has 3 atom stereocenters. The summed E-state index contributed by atoms with van der Waals surface area (Å²) in [6.45, 7) is 5.13. The van der Waals surface area contributed by atoms with Crippen LogP contribution >= 0.6 is 24.8 Å². The van der Waals surface area contributed by atoms with Gasteiger partial charge in [-0.1, -0.05) is 13.3 Å². The summed E-state index contributed by atoms with van der Waals surface area (Å²) in [5, 5.41) is 6.30. The molecule has 19 heavy (non-hydrogen) atoms. The van der Waals surface area contributed by atoms with Crippen molar-refractivity contribution in [1.82, 2.24) is 15.5 Å². The van der Waals surface area contributed by atoms with Crippen molar-refractivity contribution in [2.45, 2.75) is 44.7 Å². The standard InChI is InChI=1S/C13H25N3O.2ClH/c1-10(9-14-2)13(17)15-11-6-8-16-7-4-3-5-12(11)16;;/h10-12,14H,3-9H2,1-2H3,(H,15,17);2*1H. The first kappa shape index (κ1) is 19.0. The number of carbonyl (C=O) groups excluding carboxylic acids is 1. The second kappa shape index (κ2) is 9.01. The molecule has 2 aliphatic rings. The van der Waals surface area contributed by atoms with Gasteiger partial charge in [-0.15, -0.1) is 24.8 Å².